The van der Waals surface area contributed by atoms with E-state index in [1.807, 2.05) is 12.1 Å². The van der Waals surface area contributed by atoms with Crippen molar-refractivity contribution >= 4 is 11.4 Å². The Labute approximate surface area is 130 Å². The molecule has 2 aliphatic rings. The van der Waals surface area contributed by atoms with Crippen LogP contribution in [0.15, 0.2) is 12.1 Å². The van der Waals surface area contributed by atoms with E-state index < -0.39 is 5.92 Å². The zero-order chi connectivity index (χ0) is 15.7. The van der Waals surface area contributed by atoms with Gasteiger partial charge >= 0.3 is 0 Å². The van der Waals surface area contributed by atoms with E-state index in [-0.39, 0.29) is 13.0 Å². The summed E-state index contributed by atoms with van der Waals surface area (Å²) in [6, 6.07) is 3.79. The number of nitrogens with two attached hydrogens (primary N) is 1. The summed E-state index contributed by atoms with van der Waals surface area (Å²) in [4.78, 5) is 1.80. The molecule has 0 atom stereocenters. The zero-order valence-corrected chi connectivity index (χ0v) is 13.1. The number of halogens is 2. The van der Waals surface area contributed by atoms with Crippen LogP contribution in [-0.4, -0.2) is 26.1 Å². The monoisotopic (exact) mass is 310 g/mol. The van der Waals surface area contributed by atoms with Crippen LogP contribution in [0.3, 0.4) is 0 Å². The van der Waals surface area contributed by atoms with Gasteiger partial charge in [-0.05, 0) is 30.4 Å². The first kappa shape index (κ1) is 15.4. The van der Waals surface area contributed by atoms with Crippen molar-refractivity contribution in [1.82, 2.24) is 0 Å². The molecule has 3 nitrogen and oxygen atoms in total. The third kappa shape index (κ3) is 2.99. The third-order valence-corrected chi connectivity index (χ3v) is 4.93. The van der Waals surface area contributed by atoms with Gasteiger partial charge < -0.3 is 15.4 Å². The summed E-state index contributed by atoms with van der Waals surface area (Å²) in [5.74, 6) is -1.60. The lowest BCUT2D eigenvalue weighted by Crippen LogP contribution is -2.26. The van der Waals surface area contributed by atoms with E-state index >= 15 is 0 Å². The number of alkyl halides is 2. The number of ether oxygens (including phenoxy) is 1. The van der Waals surface area contributed by atoms with Gasteiger partial charge in [0.15, 0.2) is 0 Å². The van der Waals surface area contributed by atoms with E-state index in [4.69, 9.17) is 10.5 Å². The molecule has 2 N–H and O–H groups in total. The second-order valence-corrected chi connectivity index (χ2v) is 6.52. The third-order valence-electron chi connectivity index (χ3n) is 4.93. The molecule has 1 aliphatic heterocycles. The molecule has 0 radical (unpaired) electrons. The van der Waals surface area contributed by atoms with Crippen molar-refractivity contribution in [1.29, 1.82) is 0 Å². The van der Waals surface area contributed by atoms with Crippen LogP contribution in [0.25, 0.3) is 0 Å². The number of nitrogens with zero attached hydrogens (tertiary/aromatic N) is 1. The fourth-order valence-corrected chi connectivity index (χ4v) is 3.74. The molecule has 5 heteroatoms. The molecule has 1 aromatic rings. The van der Waals surface area contributed by atoms with Gasteiger partial charge in [-0.3, -0.25) is 0 Å². The molecule has 1 saturated carbocycles. The van der Waals surface area contributed by atoms with E-state index in [9.17, 15) is 8.78 Å². The number of rotatable bonds is 3. The number of benzene rings is 1. The number of hydrogen-bond donors (Lipinski definition) is 1. The number of nitrogen functional groups attached to an aromatic ring is 1. The summed E-state index contributed by atoms with van der Waals surface area (Å²) >= 11 is 0. The quantitative estimate of drug-likeness (QED) is 0.852. The van der Waals surface area contributed by atoms with E-state index in [0.717, 1.165) is 24.1 Å². The van der Waals surface area contributed by atoms with Gasteiger partial charge in [-0.1, -0.05) is 19.3 Å². The molecule has 22 heavy (non-hydrogen) atoms. The standard InChI is InChI=1S/C17H24F2N2O/c1-22-16-10-15(21-8-7-17(18,19)11-21)13(9-14(16)20)12-5-3-2-4-6-12/h9-10,12H,2-8,11,20H2,1H3. The number of anilines is 2. The minimum Gasteiger partial charge on any atom is -0.495 e. The molecule has 0 bridgehead atoms. The van der Waals surface area contributed by atoms with Crippen LogP contribution >= 0.6 is 0 Å². The van der Waals surface area contributed by atoms with Crippen molar-refractivity contribution in [3.63, 3.8) is 0 Å². The van der Waals surface area contributed by atoms with Crippen LogP contribution in [0.5, 0.6) is 5.75 Å². The maximum atomic E-state index is 13.6. The molecule has 122 valence electrons. The van der Waals surface area contributed by atoms with Crippen LogP contribution in [0.4, 0.5) is 20.2 Å². The zero-order valence-electron chi connectivity index (χ0n) is 13.1. The maximum absolute atomic E-state index is 13.6. The Morgan fingerprint density at radius 2 is 1.95 bits per heavy atom. The molecule has 1 saturated heterocycles. The molecule has 1 heterocycles. The van der Waals surface area contributed by atoms with Crippen molar-refractivity contribution in [2.45, 2.75) is 50.4 Å². The van der Waals surface area contributed by atoms with Crippen LogP contribution in [0.2, 0.25) is 0 Å². The average Bonchev–Trinajstić information content (AvgIpc) is 2.88. The average molecular weight is 310 g/mol. The van der Waals surface area contributed by atoms with Gasteiger partial charge in [0, 0.05) is 24.7 Å². The van der Waals surface area contributed by atoms with E-state index in [1.165, 1.54) is 19.3 Å². The second kappa shape index (κ2) is 5.94. The molecule has 1 aromatic carbocycles. The number of methoxy groups -OCH3 is 1. The minimum atomic E-state index is -2.60. The van der Waals surface area contributed by atoms with Crippen molar-refractivity contribution in [3.8, 4) is 5.75 Å². The largest absolute Gasteiger partial charge is 0.495 e. The van der Waals surface area contributed by atoms with Crippen LogP contribution in [-0.2, 0) is 0 Å². The Morgan fingerprint density at radius 1 is 1.23 bits per heavy atom. The SMILES string of the molecule is COc1cc(N2CCC(F)(F)C2)c(C2CCCCC2)cc1N. The predicted octanol–water partition coefficient (Wildman–Crippen LogP) is 4.17. The summed E-state index contributed by atoms with van der Waals surface area (Å²) in [5, 5.41) is 0. The number of hydrogen-bond acceptors (Lipinski definition) is 3. The lowest BCUT2D eigenvalue weighted by molar-refractivity contribution is 0.0257. The molecular weight excluding hydrogens is 286 g/mol. The van der Waals surface area contributed by atoms with E-state index in [2.05, 4.69) is 0 Å². The first-order valence-corrected chi connectivity index (χ1v) is 8.10. The van der Waals surface area contributed by atoms with Gasteiger partial charge in [0.1, 0.15) is 5.75 Å². The first-order valence-electron chi connectivity index (χ1n) is 8.10. The van der Waals surface area contributed by atoms with Crippen molar-refractivity contribution < 1.29 is 13.5 Å². The Hall–Kier alpha value is -1.52. The fourth-order valence-electron chi connectivity index (χ4n) is 3.74. The van der Waals surface area contributed by atoms with Gasteiger partial charge in [-0.2, -0.15) is 0 Å². The van der Waals surface area contributed by atoms with Gasteiger partial charge in [-0.15, -0.1) is 0 Å². The van der Waals surface area contributed by atoms with Crippen LogP contribution in [0.1, 0.15) is 50.0 Å². The van der Waals surface area contributed by atoms with Crippen molar-refractivity contribution in [3.05, 3.63) is 17.7 Å². The molecular formula is C17H24F2N2O. The maximum Gasteiger partial charge on any atom is 0.266 e. The van der Waals surface area contributed by atoms with Crippen molar-refractivity contribution in [2.75, 3.05) is 30.8 Å². The smallest absolute Gasteiger partial charge is 0.266 e. The summed E-state index contributed by atoms with van der Waals surface area (Å²) in [7, 11) is 1.56. The predicted molar refractivity (Wildman–Crippen MR) is 85.0 cm³/mol. The topological polar surface area (TPSA) is 38.5 Å². The lowest BCUT2D eigenvalue weighted by atomic mass is 9.83. The molecule has 1 aliphatic carbocycles. The first-order chi connectivity index (χ1) is 10.5. The van der Waals surface area contributed by atoms with Gasteiger partial charge in [0.2, 0.25) is 0 Å². The Morgan fingerprint density at radius 3 is 2.55 bits per heavy atom. The van der Waals surface area contributed by atoms with Crippen molar-refractivity contribution in [2.24, 2.45) is 0 Å². The highest BCUT2D eigenvalue weighted by Gasteiger charge is 2.39. The Kier molecular flexibility index (Phi) is 4.15. The van der Waals surface area contributed by atoms with E-state index in [1.54, 1.807) is 12.0 Å². The van der Waals surface area contributed by atoms with Gasteiger partial charge in [-0.25, -0.2) is 8.78 Å². The van der Waals surface area contributed by atoms with E-state index in [0.29, 0.717) is 23.9 Å². The molecule has 3 rings (SSSR count). The van der Waals surface area contributed by atoms with Gasteiger partial charge in [0.05, 0.1) is 19.3 Å². The highest BCUT2D eigenvalue weighted by molar-refractivity contribution is 5.68. The Balaban J connectivity index is 1.98. The summed E-state index contributed by atoms with van der Waals surface area (Å²) in [5.41, 5.74) is 8.67. The van der Waals surface area contributed by atoms with Gasteiger partial charge in [0.25, 0.3) is 5.92 Å². The molecule has 2 fully saturated rings. The molecule has 0 amide bonds. The second-order valence-electron chi connectivity index (χ2n) is 6.52. The molecule has 0 spiro atoms. The fraction of sp³-hybridized carbons (Fsp3) is 0.647. The summed E-state index contributed by atoms with van der Waals surface area (Å²) < 4.78 is 32.5. The minimum absolute atomic E-state index is 0.0796. The molecule has 0 unspecified atom stereocenters. The highest BCUT2D eigenvalue weighted by atomic mass is 19.3. The molecule has 0 aromatic heterocycles. The van der Waals surface area contributed by atoms with Crippen LogP contribution < -0.4 is 15.4 Å². The van der Waals surface area contributed by atoms with Crippen LogP contribution in [0, 0.1) is 0 Å². The summed E-state index contributed by atoms with van der Waals surface area (Å²) in [6.07, 6.45) is 5.81. The lowest BCUT2D eigenvalue weighted by Gasteiger charge is -2.29. The Bertz CT molecular complexity index is 542. The normalized spacial score (nSPS) is 22.0. The highest BCUT2D eigenvalue weighted by Crippen LogP contribution is 2.43. The summed E-state index contributed by atoms with van der Waals surface area (Å²) in [6.45, 7) is 0.180.